The zero-order valence-corrected chi connectivity index (χ0v) is 12.3. The smallest absolute Gasteiger partial charge is 0.0464 e. The van der Waals surface area contributed by atoms with E-state index in [-0.39, 0.29) is 0 Å². The minimum absolute atomic E-state index is 0.565. The van der Waals surface area contributed by atoms with Gasteiger partial charge in [0.05, 0.1) is 0 Å². The molecule has 0 aliphatic rings. The number of nitrogens with two attached hydrogens (primary N) is 1. The van der Waals surface area contributed by atoms with Crippen LogP contribution in [0, 0.1) is 0 Å². The lowest BCUT2D eigenvalue weighted by Crippen LogP contribution is -2.14. The molecule has 100 valence electrons. The Hall–Kier alpha value is -1.45. The van der Waals surface area contributed by atoms with Crippen molar-refractivity contribution in [3.63, 3.8) is 0 Å². The Morgan fingerprint density at radius 2 is 1.79 bits per heavy atom. The van der Waals surface area contributed by atoms with Gasteiger partial charge in [-0.05, 0) is 30.0 Å². The second-order valence-electron chi connectivity index (χ2n) is 4.29. The lowest BCUT2D eigenvalue weighted by molar-refractivity contribution is 1.01. The van der Waals surface area contributed by atoms with Gasteiger partial charge in [0, 0.05) is 35.4 Å². The fraction of sp³-hybridized carbons (Fsp3) is 0.250. The maximum Gasteiger partial charge on any atom is 0.0464 e. The van der Waals surface area contributed by atoms with Gasteiger partial charge in [0.2, 0.25) is 0 Å². The molecule has 2 rings (SSSR count). The van der Waals surface area contributed by atoms with E-state index in [9.17, 15) is 0 Å². The average molecular weight is 272 g/mol. The van der Waals surface area contributed by atoms with E-state index in [0.29, 0.717) is 6.54 Å². The Bertz CT molecular complexity index is 526. The minimum atomic E-state index is 0.565. The Balaban J connectivity index is 2.41. The SMILES string of the molecule is CCSc1cccc(N(C)c2ccccc2)c1CN. The van der Waals surface area contributed by atoms with Crippen LogP contribution in [0.15, 0.2) is 53.4 Å². The van der Waals surface area contributed by atoms with Crippen LogP contribution in [0.2, 0.25) is 0 Å². The zero-order valence-electron chi connectivity index (χ0n) is 11.5. The van der Waals surface area contributed by atoms with Gasteiger partial charge in [-0.3, -0.25) is 0 Å². The largest absolute Gasteiger partial charge is 0.344 e. The third-order valence-corrected chi connectivity index (χ3v) is 4.10. The van der Waals surface area contributed by atoms with E-state index in [1.807, 2.05) is 17.8 Å². The summed E-state index contributed by atoms with van der Waals surface area (Å²) < 4.78 is 0. The summed E-state index contributed by atoms with van der Waals surface area (Å²) >= 11 is 1.85. The van der Waals surface area contributed by atoms with E-state index in [0.717, 1.165) is 5.75 Å². The van der Waals surface area contributed by atoms with Gasteiger partial charge in [0.1, 0.15) is 0 Å². The van der Waals surface area contributed by atoms with E-state index in [2.05, 4.69) is 61.3 Å². The second-order valence-corrected chi connectivity index (χ2v) is 5.59. The first kappa shape index (κ1) is 14.0. The molecule has 0 aliphatic carbocycles. The minimum Gasteiger partial charge on any atom is -0.344 e. The molecule has 0 spiro atoms. The van der Waals surface area contributed by atoms with Crippen molar-refractivity contribution in [3.8, 4) is 0 Å². The third kappa shape index (κ3) is 3.11. The topological polar surface area (TPSA) is 29.3 Å². The molecule has 0 saturated carbocycles. The number of hydrogen-bond donors (Lipinski definition) is 1. The van der Waals surface area contributed by atoms with Gasteiger partial charge in [-0.2, -0.15) is 0 Å². The van der Waals surface area contributed by atoms with Crippen LogP contribution in [0.3, 0.4) is 0 Å². The van der Waals surface area contributed by atoms with E-state index in [1.165, 1.54) is 21.8 Å². The van der Waals surface area contributed by atoms with Gasteiger partial charge in [0.25, 0.3) is 0 Å². The number of nitrogens with zero attached hydrogens (tertiary/aromatic N) is 1. The molecular weight excluding hydrogens is 252 g/mol. The molecule has 2 nitrogen and oxygen atoms in total. The van der Waals surface area contributed by atoms with Crippen LogP contribution < -0.4 is 10.6 Å². The summed E-state index contributed by atoms with van der Waals surface area (Å²) in [6.45, 7) is 2.73. The highest BCUT2D eigenvalue weighted by molar-refractivity contribution is 7.99. The maximum absolute atomic E-state index is 5.96. The van der Waals surface area contributed by atoms with Crippen LogP contribution >= 0.6 is 11.8 Å². The molecule has 0 aliphatic heterocycles. The van der Waals surface area contributed by atoms with Crippen molar-refractivity contribution in [1.29, 1.82) is 0 Å². The van der Waals surface area contributed by atoms with Crippen molar-refractivity contribution >= 4 is 23.1 Å². The van der Waals surface area contributed by atoms with Crippen LogP contribution in [0.1, 0.15) is 12.5 Å². The van der Waals surface area contributed by atoms with Crippen LogP contribution in [-0.4, -0.2) is 12.8 Å². The molecule has 0 unspecified atom stereocenters. The molecule has 0 atom stereocenters. The molecule has 2 aromatic rings. The zero-order chi connectivity index (χ0) is 13.7. The van der Waals surface area contributed by atoms with Gasteiger partial charge in [-0.1, -0.05) is 31.2 Å². The number of thioether (sulfide) groups is 1. The van der Waals surface area contributed by atoms with E-state index in [4.69, 9.17) is 5.73 Å². The summed E-state index contributed by atoms with van der Waals surface area (Å²) in [5, 5.41) is 0. The number of anilines is 2. The maximum atomic E-state index is 5.96. The Kier molecular flexibility index (Phi) is 4.88. The van der Waals surface area contributed by atoms with E-state index >= 15 is 0 Å². The standard InChI is InChI=1S/C16H20N2S/c1-3-19-16-11-7-10-15(14(16)12-17)18(2)13-8-5-4-6-9-13/h4-11H,3,12,17H2,1-2H3. The van der Waals surface area contributed by atoms with Crippen molar-refractivity contribution < 1.29 is 0 Å². The lowest BCUT2D eigenvalue weighted by atomic mass is 10.1. The molecule has 0 saturated heterocycles. The van der Waals surface area contributed by atoms with Crippen LogP contribution in [0.25, 0.3) is 0 Å². The van der Waals surface area contributed by atoms with Crippen molar-refractivity contribution in [3.05, 3.63) is 54.1 Å². The van der Waals surface area contributed by atoms with E-state index < -0.39 is 0 Å². The quantitative estimate of drug-likeness (QED) is 0.833. The molecule has 0 radical (unpaired) electrons. The van der Waals surface area contributed by atoms with Crippen molar-refractivity contribution in [2.45, 2.75) is 18.4 Å². The van der Waals surface area contributed by atoms with Crippen molar-refractivity contribution in [1.82, 2.24) is 0 Å². The molecule has 0 aromatic heterocycles. The monoisotopic (exact) mass is 272 g/mol. The van der Waals surface area contributed by atoms with Gasteiger partial charge in [-0.25, -0.2) is 0 Å². The van der Waals surface area contributed by atoms with Gasteiger partial charge >= 0.3 is 0 Å². The number of para-hydroxylation sites is 1. The molecule has 3 heteroatoms. The summed E-state index contributed by atoms with van der Waals surface area (Å²) in [6.07, 6.45) is 0. The summed E-state index contributed by atoms with van der Waals surface area (Å²) in [6, 6.07) is 16.8. The Morgan fingerprint density at radius 1 is 1.05 bits per heavy atom. The average Bonchev–Trinajstić information content (AvgIpc) is 2.47. The molecule has 19 heavy (non-hydrogen) atoms. The van der Waals surface area contributed by atoms with Gasteiger partial charge in [0.15, 0.2) is 0 Å². The Labute approximate surface area is 119 Å². The highest BCUT2D eigenvalue weighted by Gasteiger charge is 2.11. The predicted octanol–water partition coefficient (Wildman–Crippen LogP) is 4.03. The molecule has 2 N–H and O–H groups in total. The molecule has 0 heterocycles. The summed E-state index contributed by atoms with van der Waals surface area (Å²) in [5.41, 5.74) is 9.54. The van der Waals surface area contributed by atoms with E-state index in [1.54, 1.807) is 0 Å². The normalized spacial score (nSPS) is 10.5. The first-order valence-electron chi connectivity index (χ1n) is 6.51. The third-order valence-electron chi connectivity index (χ3n) is 3.12. The summed E-state index contributed by atoms with van der Waals surface area (Å²) in [4.78, 5) is 3.48. The summed E-state index contributed by atoms with van der Waals surface area (Å²) in [5.74, 6) is 1.06. The highest BCUT2D eigenvalue weighted by atomic mass is 32.2. The summed E-state index contributed by atoms with van der Waals surface area (Å²) in [7, 11) is 2.09. The molecule has 0 fully saturated rings. The number of benzene rings is 2. The second kappa shape index (κ2) is 6.64. The van der Waals surface area contributed by atoms with Gasteiger partial charge in [-0.15, -0.1) is 11.8 Å². The highest BCUT2D eigenvalue weighted by Crippen LogP contribution is 2.33. The number of hydrogen-bond acceptors (Lipinski definition) is 3. The molecular formula is C16H20N2S. The first-order chi connectivity index (χ1) is 9.27. The van der Waals surface area contributed by atoms with Crippen molar-refractivity contribution in [2.24, 2.45) is 5.73 Å². The van der Waals surface area contributed by atoms with Crippen LogP contribution in [0.5, 0.6) is 0 Å². The Morgan fingerprint density at radius 3 is 2.42 bits per heavy atom. The molecule has 2 aromatic carbocycles. The fourth-order valence-corrected chi connectivity index (χ4v) is 3.00. The van der Waals surface area contributed by atoms with Gasteiger partial charge < -0.3 is 10.6 Å². The fourth-order valence-electron chi connectivity index (χ4n) is 2.15. The predicted molar refractivity (Wildman–Crippen MR) is 85.2 cm³/mol. The van der Waals surface area contributed by atoms with Crippen LogP contribution in [0.4, 0.5) is 11.4 Å². The van der Waals surface area contributed by atoms with Crippen LogP contribution in [-0.2, 0) is 6.54 Å². The number of rotatable bonds is 5. The molecule has 0 bridgehead atoms. The molecule has 0 amide bonds. The lowest BCUT2D eigenvalue weighted by Gasteiger charge is -2.23. The van der Waals surface area contributed by atoms with Crippen molar-refractivity contribution in [2.75, 3.05) is 17.7 Å². The first-order valence-corrected chi connectivity index (χ1v) is 7.50.